The van der Waals surface area contributed by atoms with Crippen LogP contribution in [0.1, 0.15) is 0 Å². The molecule has 5 nitrogen and oxygen atoms in total. The summed E-state index contributed by atoms with van der Waals surface area (Å²) in [5.41, 5.74) is 10.2. The third-order valence-electron chi connectivity index (χ3n) is 10.5. The maximum Gasteiger partial charge on any atom is 0.194 e. The van der Waals surface area contributed by atoms with E-state index in [-0.39, 0.29) is 0 Å². The molecule has 1 aliphatic rings. The molecule has 11 rings (SSSR count). The minimum Gasteiger partial charge on any atom is -0.449 e. The summed E-state index contributed by atoms with van der Waals surface area (Å²) in [6.07, 6.45) is 0. The molecule has 0 saturated heterocycles. The van der Waals surface area contributed by atoms with Crippen molar-refractivity contribution in [3.8, 4) is 73.7 Å². The largest absolute Gasteiger partial charge is 0.449 e. The summed E-state index contributed by atoms with van der Waals surface area (Å²) in [5.74, 6) is 3.54. The molecule has 3 heterocycles. The van der Waals surface area contributed by atoms with E-state index in [1.807, 2.05) is 66.7 Å². The molecule has 0 aliphatic carbocycles. The van der Waals surface area contributed by atoms with Gasteiger partial charge in [-0.15, -0.1) is 0 Å². The van der Waals surface area contributed by atoms with Gasteiger partial charge in [-0.3, -0.25) is 0 Å². The van der Waals surface area contributed by atoms with Gasteiger partial charge < -0.3 is 14.0 Å². The van der Waals surface area contributed by atoms with E-state index in [4.69, 9.17) is 19.4 Å². The Hall–Kier alpha value is -7.50. The lowest BCUT2D eigenvalue weighted by atomic mass is 10.0. The predicted octanol–water partition coefficient (Wildman–Crippen LogP) is 13.3. The first-order chi connectivity index (χ1) is 27.2. The van der Waals surface area contributed by atoms with Crippen LogP contribution in [0.25, 0.3) is 83.3 Å². The Kier molecular flexibility index (Phi) is 7.10. The smallest absolute Gasteiger partial charge is 0.194 e. The van der Waals surface area contributed by atoms with Crippen LogP contribution in [0.15, 0.2) is 188 Å². The number of rotatable bonds is 5. The van der Waals surface area contributed by atoms with Gasteiger partial charge >= 0.3 is 0 Å². The van der Waals surface area contributed by atoms with Crippen molar-refractivity contribution in [3.05, 3.63) is 188 Å². The average molecular weight is 706 g/mol. The lowest BCUT2D eigenvalue weighted by Gasteiger charge is -2.22. The number of fused-ring (bicyclic) bond motifs is 8. The second-order valence-corrected chi connectivity index (χ2v) is 13.8. The van der Waals surface area contributed by atoms with Gasteiger partial charge in [0.2, 0.25) is 0 Å². The lowest BCUT2D eigenvalue weighted by Crippen LogP contribution is -2.02. The number of ether oxygens (including phenoxy) is 2. The fourth-order valence-electron chi connectivity index (χ4n) is 7.81. The predicted molar refractivity (Wildman–Crippen MR) is 222 cm³/mol. The molecular formula is C50H31N3O2. The fourth-order valence-corrected chi connectivity index (χ4v) is 7.81. The molecule has 0 atom stereocenters. The summed E-state index contributed by atoms with van der Waals surface area (Å²) in [4.78, 5) is 9.98. The van der Waals surface area contributed by atoms with Crippen LogP contribution in [-0.4, -0.2) is 14.5 Å². The Morgan fingerprint density at radius 3 is 1.64 bits per heavy atom. The summed E-state index contributed by atoms with van der Waals surface area (Å²) in [6.45, 7) is 0. The van der Waals surface area contributed by atoms with E-state index in [0.29, 0.717) is 28.8 Å². The van der Waals surface area contributed by atoms with Crippen molar-refractivity contribution in [1.29, 1.82) is 0 Å². The molecule has 0 radical (unpaired) electrons. The monoisotopic (exact) mass is 705 g/mol. The SMILES string of the molecule is c1ccc(-c2cc(-c3ccc(-c4ccc(-n5c6c7c(ccc6c6ccc8ccccc8c65)Oc5ccccc5O7)cc4)cc3)nc(-c3ccccc3)n2)cc1. The molecule has 0 saturated carbocycles. The minimum atomic E-state index is 0.701. The molecule has 258 valence electrons. The summed E-state index contributed by atoms with van der Waals surface area (Å²) >= 11 is 0. The van der Waals surface area contributed by atoms with Gasteiger partial charge in [-0.2, -0.15) is 0 Å². The Labute approximate surface area is 317 Å². The third-order valence-corrected chi connectivity index (χ3v) is 10.5. The first-order valence-electron chi connectivity index (χ1n) is 18.4. The van der Waals surface area contributed by atoms with E-state index in [1.165, 1.54) is 10.8 Å². The molecule has 1 aliphatic heterocycles. The van der Waals surface area contributed by atoms with Crippen molar-refractivity contribution in [3.63, 3.8) is 0 Å². The van der Waals surface area contributed by atoms with Crippen LogP contribution in [0, 0.1) is 0 Å². The first kappa shape index (κ1) is 31.1. The van der Waals surface area contributed by atoms with Crippen LogP contribution in [0.3, 0.4) is 0 Å². The Bertz CT molecular complexity index is 3010. The Morgan fingerprint density at radius 2 is 0.909 bits per heavy atom. The van der Waals surface area contributed by atoms with Crippen molar-refractivity contribution < 1.29 is 9.47 Å². The van der Waals surface area contributed by atoms with Crippen LogP contribution in [-0.2, 0) is 0 Å². The topological polar surface area (TPSA) is 49.2 Å². The van der Waals surface area contributed by atoms with Gasteiger partial charge in [-0.1, -0.05) is 146 Å². The molecule has 0 fully saturated rings. The summed E-state index contributed by atoms with van der Waals surface area (Å²) in [7, 11) is 0. The Morgan fingerprint density at radius 1 is 0.364 bits per heavy atom. The van der Waals surface area contributed by atoms with Crippen LogP contribution in [0.2, 0.25) is 0 Å². The molecule has 10 aromatic rings. The van der Waals surface area contributed by atoms with Gasteiger partial charge in [0, 0.05) is 38.5 Å². The zero-order valence-electron chi connectivity index (χ0n) is 29.6. The number of hydrogen-bond donors (Lipinski definition) is 0. The highest BCUT2D eigenvalue weighted by molar-refractivity contribution is 6.20. The highest BCUT2D eigenvalue weighted by Crippen LogP contribution is 2.51. The molecule has 0 N–H and O–H groups in total. The fraction of sp³-hybridized carbons (Fsp3) is 0. The Balaban J connectivity index is 1.00. The van der Waals surface area contributed by atoms with E-state index in [0.717, 1.165) is 66.7 Å². The van der Waals surface area contributed by atoms with Gasteiger partial charge in [-0.05, 0) is 59.0 Å². The standard InChI is InChI=1S/C50H31N3O2/c1-3-12-35(13-4-1)42-31-43(52-50(51-42)37-14-5-2-6-15-37)36-21-19-32(20-22-36)33-23-26-38(27-24-33)53-47-39-16-8-7-11-34(39)25-28-40(47)41-29-30-46-49(48(41)53)55-45-18-10-9-17-44(45)54-46/h1-31H. The second kappa shape index (κ2) is 12.6. The second-order valence-electron chi connectivity index (χ2n) is 13.8. The summed E-state index contributed by atoms with van der Waals surface area (Å²) in [6, 6.07) is 64.9. The molecule has 0 unspecified atom stereocenters. The quantitative estimate of drug-likeness (QED) is 0.179. The average Bonchev–Trinajstić information content (AvgIpc) is 3.62. The van der Waals surface area contributed by atoms with Gasteiger partial charge in [0.15, 0.2) is 28.8 Å². The maximum atomic E-state index is 6.65. The zero-order valence-corrected chi connectivity index (χ0v) is 29.6. The summed E-state index contributed by atoms with van der Waals surface area (Å²) in [5, 5.41) is 4.63. The molecule has 0 bridgehead atoms. The maximum absolute atomic E-state index is 6.65. The van der Waals surface area contributed by atoms with Gasteiger partial charge in [0.25, 0.3) is 0 Å². The number of nitrogens with zero attached hydrogens (tertiary/aromatic N) is 3. The van der Waals surface area contributed by atoms with Gasteiger partial charge in [-0.25, -0.2) is 9.97 Å². The number of aromatic nitrogens is 3. The molecule has 55 heavy (non-hydrogen) atoms. The van der Waals surface area contributed by atoms with Crippen molar-refractivity contribution in [1.82, 2.24) is 14.5 Å². The van der Waals surface area contributed by atoms with Crippen LogP contribution in [0.5, 0.6) is 23.0 Å². The van der Waals surface area contributed by atoms with E-state index >= 15 is 0 Å². The number of benzene rings is 8. The number of para-hydroxylation sites is 2. The highest BCUT2D eigenvalue weighted by atomic mass is 16.6. The van der Waals surface area contributed by atoms with Crippen molar-refractivity contribution in [2.75, 3.05) is 0 Å². The van der Waals surface area contributed by atoms with Gasteiger partial charge in [0.05, 0.1) is 16.9 Å². The van der Waals surface area contributed by atoms with Crippen LogP contribution in [0.4, 0.5) is 0 Å². The van der Waals surface area contributed by atoms with E-state index in [2.05, 4.69) is 126 Å². The van der Waals surface area contributed by atoms with Crippen molar-refractivity contribution in [2.24, 2.45) is 0 Å². The normalized spacial score (nSPS) is 11.9. The molecule has 5 heteroatoms. The molecule has 0 spiro atoms. The van der Waals surface area contributed by atoms with E-state index < -0.39 is 0 Å². The molecule has 2 aromatic heterocycles. The van der Waals surface area contributed by atoms with Gasteiger partial charge in [0.1, 0.15) is 5.52 Å². The lowest BCUT2D eigenvalue weighted by molar-refractivity contribution is 0.362. The van der Waals surface area contributed by atoms with Crippen molar-refractivity contribution in [2.45, 2.75) is 0 Å². The van der Waals surface area contributed by atoms with Crippen LogP contribution >= 0.6 is 0 Å². The molecular weight excluding hydrogens is 675 g/mol. The van der Waals surface area contributed by atoms with E-state index in [9.17, 15) is 0 Å². The number of hydrogen-bond acceptors (Lipinski definition) is 4. The zero-order chi connectivity index (χ0) is 36.3. The van der Waals surface area contributed by atoms with Crippen molar-refractivity contribution >= 4 is 32.6 Å². The summed E-state index contributed by atoms with van der Waals surface area (Å²) < 4.78 is 15.4. The minimum absolute atomic E-state index is 0.701. The molecule has 8 aromatic carbocycles. The highest BCUT2D eigenvalue weighted by Gasteiger charge is 2.26. The first-order valence-corrected chi connectivity index (χ1v) is 18.4. The van der Waals surface area contributed by atoms with Crippen LogP contribution < -0.4 is 9.47 Å². The third kappa shape index (κ3) is 5.24. The van der Waals surface area contributed by atoms with E-state index in [1.54, 1.807) is 0 Å². The molecule has 0 amide bonds.